The molecule has 0 aromatic carbocycles. The molecular formula is C25H30N4O5. The van der Waals surface area contributed by atoms with Crippen LogP contribution in [-0.2, 0) is 23.9 Å². The fourth-order valence-corrected chi connectivity index (χ4v) is 5.96. The zero-order valence-corrected chi connectivity index (χ0v) is 20.4. The molecule has 2 aromatic rings. The van der Waals surface area contributed by atoms with Gasteiger partial charge in [0.05, 0.1) is 37.7 Å². The number of aromatic nitrogens is 2. The zero-order valence-electron chi connectivity index (χ0n) is 20.4. The average Bonchev–Trinajstić information content (AvgIpc) is 2.80. The molecule has 0 radical (unpaired) electrons. The number of pyridine rings is 2. The van der Waals surface area contributed by atoms with Gasteiger partial charge in [0.2, 0.25) is 0 Å². The minimum Gasteiger partial charge on any atom is -0.468 e. The van der Waals surface area contributed by atoms with Crippen LogP contribution in [0.3, 0.4) is 0 Å². The number of nitrogens with zero attached hydrogens (tertiary/aromatic N) is 4. The van der Waals surface area contributed by atoms with Crippen LogP contribution in [0.4, 0.5) is 0 Å². The second-order valence-electron chi connectivity index (χ2n) is 9.41. The number of fused-ring (bicyclic) bond motifs is 2. The van der Waals surface area contributed by atoms with Crippen molar-refractivity contribution in [2.24, 2.45) is 10.8 Å². The summed E-state index contributed by atoms with van der Waals surface area (Å²) in [6, 6.07) is 5.84. The van der Waals surface area contributed by atoms with Crippen LogP contribution in [0.1, 0.15) is 34.6 Å². The number of hydrogen-bond acceptors (Lipinski definition) is 9. The number of rotatable bonds is 4. The molecule has 4 rings (SSSR count). The number of Topliss-reactive ketones (excluding diaryl/α,β-unsaturated/α-hetero) is 1. The van der Waals surface area contributed by atoms with E-state index in [0.29, 0.717) is 11.4 Å². The predicted octanol–water partition coefficient (Wildman–Crippen LogP) is 1.65. The molecule has 0 N–H and O–H groups in total. The Kier molecular flexibility index (Phi) is 6.03. The van der Waals surface area contributed by atoms with Crippen molar-refractivity contribution in [2.75, 3.05) is 41.4 Å². The smallest absolute Gasteiger partial charge is 0.322 e. The summed E-state index contributed by atoms with van der Waals surface area (Å²) >= 11 is 0. The third-order valence-electron chi connectivity index (χ3n) is 7.13. The number of ether oxygens (including phenoxy) is 2. The SMILES string of the molecule is COC(=O)[C@]12CN(C)C[C@](C(=O)OC)(C1=O)[C@@H](c1cc(C)ccn1)N(C)[C@H]2c1cc(C)ccn1. The lowest BCUT2D eigenvalue weighted by Gasteiger charge is -2.60. The lowest BCUT2D eigenvalue weighted by atomic mass is 9.54. The minimum atomic E-state index is -1.69. The molecule has 2 aliphatic rings. The van der Waals surface area contributed by atoms with Crippen LogP contribution in [0, 0.1) is 24.7 Å². The van der Waals surface area contributed by atoms with E-state index in [1.54, 1.807) is 26.5 Å². The largest absolute Gasteiger partial charge is 0.468 e. The first-order valence-corrected chi connectivity index (χ1v) is 11.1. The maximum atomic E-state index is 14.6. The van der Waals surface area contributed by atoms with E-state index in [4.69, 9.17) is 9.47 Å². The third-order valence-corrected chi connectivity index (χ3v) is 7.13. The summed E-state index contributed by atoms with van der Waals surface area (Å²) in [5, 5.41) is 0. The van der Waals surface area contributed by atoms with Gasteiger partial charge in [-0.3, -0.25) is 29.3 Å². The van der Waals surface area contributed by atoms with E-state index in [1.165, 1.54) is 14.2 Å². The predicted molar refractivity (Wildman–Crippen MR) is 123 cm³/mol. The number of piperidine rings is 2. The van der Waals surface area contributed by atoms with Crippen LogP contribution >= 0.6 is 0 Å². The highest BCUT2D eigenvalue weighted by Gasteiger charge is 2.75. The number of ketones is 1. The molecule has 9 heteroatoms. The van der Waals surface area contributed by atoms with E-state index < -0.39 is 40.6 Å². The molecule has 0 aliphatic carbocycles. The molecule has 9 nitrogen and oxygen atoms in total. The Morgan fingerprint density at radius 3 is 1.65 bits per heavy atom. The Labute approximate surface area is 199 Å². The maximum absolute atomic E-state index is 14.6. The van der Waals surface area contributed by atoms with E-state index >= 15 is 0 Å². The van der Waals surface area contributed by atoms with Crippen molar-refractivity contribution in [2.45, 2.75) is 25.9 Å². The van der Waals surface area contributed by atoms with Gasteiger partial charge in [-0.2, -0.15) is 0 Å². The van der Waals surface area contributed by atoms with Crippen LogP contribution in [-0.4, -0.2) is 78.9 Å². The molecule has 34 heavy (non-hydrogen) atoms. The lowest BCUT2D eigenvalue weighted by molar-refractivity contribution is -0.202. The van der Waals surface area contributed by atoms with E-state index in [-0.39, 0.29) is 13.1 Å². The summed E-state index contributed by atoms with van der Waals surface area (Å²) in [5.74, 6) is -1.92. The van der Waals surface area contributed by atoms with Crippen molar-refractivity contribution in [3.8, 4) is 0 Å². The highest BCUT2D eigenvalue weighted by atomic mass is 16.5. The lowest BCUT2D eigenvalue weighted by Crippen LogP contribution is -2.75. The molecule has 2 aliphatic heterocycles. The van der Waals surface area contributed by atoms with E-state index in [0.717, 1.165) is 11.1 Å². The quantitative estimate of drug-likeness (QED) is 0.492. The Morgan fingerprint density at radius 1 is 0.882 bits per heavy atom. The summed E-state index contributed by atoms with van der Waals surface area (Å²) < 4.78 is 10.5. The van der Waals surface area contributed by atoms with Crippen LogP contribution in [0.25, 0.3) is 0 Å². The van der Waals surface area contributed by atoms with Crippen molar-refractivity contribution in [3.63, 3.8) is 0 Å². The van der Waals surface area contributed by atoms with Gasteiger partial charge in [-0.05, 0) is 63.3 Å². The number of hydrogen-bond donors (Lipinski definition) is 0. The molecule has 0 amide bonds. The highest BCUT2D eigenvalue weighted by molar-refractivity contribution is 6.17. The number of likely N-dealkylation sites (tertiary alicyclic amines) is 2. The number of carbonyl (C=O) groups excluding carboxylic acids is 3. The fourth-order valence-electron chi connectivity index (χ4n) is 5.96. The van der Waals surface area contributed by atoms with Gasteiger partial charge in [0.1, 0.15) is 0 Å². The summed E-state index contributed by atoms with van der Waals surface area (Å²) in [4.78, 5) is 54.5. The molecule has 2 aromatic heterocycles. The second kappa shape index (κ2) is 8.56. The van der Waals surface area contributed by atoms with Crippen molar-refractivity contribution in [1.82, 2.24) is 19.8 Å². The van der Waals surface area contributed by atoms with Gasteiger partial charge in [0.15, 0.2) is 16.6 Å². The third kappa shape index (κ3) is 3.25. The molecule has 0 unspecified atom stereocenters. The van der Waals surface area contributed by atoms with E-state index in [1.807, 2.05) is 47.9 Å². The standard InChI is InChI=1S/C25H30N4O5/c1-15-7-9-26-17(11-15)19-24(22(31)33-5)13-28(3)14-25(21(24)30,23(32)34-6)20(29(19)4)18-12-16(2)8-10-27-18/h7-12,19-20H,13-14H2,1-6H3/t19-,20+,24-,25+. The van der Waals surface area contributed by atoms with Crippen LogP contribution in [0.5, 0.6) is 0 Å². The summed E-state index contributed by atoms with van der Waals surface area (Å²) in [7, 11) is 6.10. The second-order valence-corrected chi connectivity index (χ2v) is 9.41. The van der Waals surface area contributed by atoms with Crippen LogP contribution in [0.15, 0.2) is 36.7 Å². The Hall–Kier alpha value is -3.17. The molecule has 2 saturated heterocycles. The van der Waals surface area contributed by atoms with E-state index in [9.17, 15) is 14.4 Å². The summed E-state index contributed by atoms with van der Waals surface area (Å²) in [6.07, 6.45) is 3.31. The Bertz CT molecular complexity index is 1070. The molecular weight excluding hydrogens is 436 g/mol. The van der Waals surface area contributed by atoms with Crippen molar-refractivity contribution in [3.05, 3.63) is 59.2 Å². The summed E-state index contributed by atoms with van der Waals surface area (Å²) in [5.41, 5.74) is -0.409. The van der Waals surface area contributed by atoms with Crippen LogP contribution in [0.2, 0.25) is 0 Å². The van der Waals surface area contributed by atoms with Crippen molar-refractivity contribution in [1.29, 1.82) is 0 Å². The molecule has 2 fully saturated rings. The van der Waals surface area contributed by atoms with Gasteiger partial charge in [0, 0.05) is 25.5 Å². The molecule has 0 saturated carbocycles. The van der Waals surface area contributed by atoms with Crippen molar-refractivity contribution >= 4 is 17.7 Å². The number of aryl methyl sites for hydroxylation is 2. The highest BCUT2D eigenvalue weighted by Crippen LogP contribution is 2.60. The molecule has 180 valence electrons. The number of carbonyl (C=O) groups is 3. The van der Waals surface area contributed by atoms with Crippen LogP contribution < -0.4 is 0 Å². The van der Waals surface area contributed by atoms with Gasteiger partial charge in [-0.15, -0.1) is 0 Å². The fraction of sp³-hybridized carbons (Fsp3) is 0.480. The molecule has 2 bridgehead atoms. The minimum absolute atomic E-state index is 0.0792. The molecule has 4 heterocycles. The van der Waals surface area contributed by atoms with Gasteiger partial charge >= 0.3 is 11.9 Å². The zero-order chi connectivity index (χ0) is 24.8. The first-order valence-electron chi connectivity index (χ1n) is 11.1. The first kappa shape index (κ1) is 24.0. The molecule has 0 spiro atoms. The van der Waals surface area contributed by atoms with E-state index in [2.05, 4.69) is 9.97 Å². The van der Waals surface area contributed by atoms with Gasteiger partial charge in [0.25, 0.3) is 0 Å². The Morgan fingerprint density at radius 2 is 1.29 bits per heavy atom. The summed E-state index contributed by atoms with van der Waals surface area (Å²) in [6.45, 7) is 4.00. The number of esters is 2. The van der Waals surface area contributed by atoms with Crippen molar-refractivity contribution < 1.29 is 23.9 Å². The van der Waals surface area contributed by atoms with Gasteiger partial charge < -0.3 is 14.4 Å². The normalized spacial score (nSPS) is 29.5. The maximum Gasteiger partial charge on any atom is 0.322 e. The van der Waals surface area contributed by atoms with Gasteiger partial charge in [-0.1, -0.05) is 0 Å². The monoisotopic (exact) mass is 466 g/mol. The Balaban J connectivity index is 2.09. The average molecular weight is 467 g/mol. The van der Waals surface area contributed by atoms with Gasteiger partial charge in [-0.25, -0.2) is 0 Å². The topological polar surface area (TPSA) is 102 Å². The number of methoxy groups -OCH3 is 2. The molecule has 4 atom stereocenters. The first-order chi connectivity index (χ1) is 16.1.